The third-order valence-corrected chi connectivity index (χ3v) is 6.67. The Bertz CT molecular complexity index is 1000. The van der Waals surface area contributed by atoms with Crippen LogP contribution in [0.4, 0.5) is 5.82 Å². The van der Waals surface area contributed by atoms with Gasteiger partial charge in [0, 0.05) is 5.92 Å². The third kappa shape index (κ3) is 7.19. The maximum Gasteiger partial charge on any atom is 0.356 e. The molecule has 1 fully saturated rings. The normalized spacial score (nSPS) is 22.8. The second kappa shape index (κ2) is 11.5. The van der Waals surface area contributed by atoms with Gasteiger partial charge in [0.2, 0.25) is 0 Å². The predicted octanol–water partition coefficient (Wildman–Crippen LogP) is 2.77. The number of nitrogens with one attached hydrogen (secondary N) is 1. The Morgan fingerprint density at radius 1 is 1.24 bits per heavy atom. The number of aliphatic hydroxyl groups excluding tert-OH is 1. The van der Waals surface area contributed by atoms with Gasteiger partial charge in [0.1, 0.15) is 24.4 Å². The van der Waals surface area contributed by atoms with E-state index in [4.69, 9.17) is 18.5 Å². The monoisotopic (exact) mass is 499 g/mol. The summed E-state index contributed by atoms with van der Waals surface area (Å²) >= 11 is 0. The van der Waals surface area contributed by atoms with Crippen LogP contribution >= 0.6 is 7.60 Å². The highest BCUT2D eigenvalue weighted by Crippen LogP contribution is 2.51. The summed E-state index contributed by atoms with van der Waals surface area (Å²) in [5.41, 5.74) is 1.11. The van der Waals surface area contributed by atoms with Crippen molar-refractivity contribution in [2.24, 2.45) is 11.8 Å². The van der Waals surface area contributed by atoms with Crippen molar-refractivity contribution in [1.29, 1.82) is 0 Å². The summed E-state index contributed by atoms with van der Waals surface area (Å²) in [6, 6.07) is 0. The number of anilines is 1. The van der Waals surface area contributed by atoms with Gasteiger partial charge in [-0.2, -0.15) is 0 Å². The van der Waals surface area contributed by atoms with Gasteiger partial charge in [-0.25, -0.2) is 15.0 Å². The first-order valence-electron chi connectivity index (χ1n) is 11.4. The van der Waals surface area contributed by atoms with Crippen LogP contribution in [0.25, 0.3) is 11.2 Å². The van der Waals surface area contributed by atoms with Gasteiger partial charge in [0.05, 0.1) is 44.7 Å². The van der Waals surface area contributed by atoms with Crippen LogP contribution in [0.3, 0.4) is 0 Å². The first-order chi connectivity index (χ1) is 16.1. The lowest BCUT2D eigenvalue weighted by atomic mass is 10.1. The zero-order chi connectivity index (χ0) is 24.9. The van der Waals surface area contributed by atoms with Gasteiger partial charge in [-0.3, -0.25) is 9.36 Å². The SMILES string of the molecule is CC(C)OC(=O)CC1COP(=O)(CO[C@H](C)Cn2cnc3c(NC(O)C(C)C)ncnc32)OC1. The summed E-state index contributed by atoms with van der Waals surface area (Å²) in [5, 5.41) is 13.1. The number of hydrogen-bond acceptors (Lipinski definition) is 11. The molecule has 34 heavy (non-hydrogen) atoms. The van der Waals surface area contributed by atoms with Gasteiger partial charge < -0.3 is 33.5 Å². The Morgan fingerprint density at radius 2 is 1.94 bits per heavy atom. The number of rotatable bonds is 11. The molecule has 190 valence electrons. The van der Waals surface area contributed by atoms with E-state index in [1.54, 1.807) is 24.7 Å². The molecule has 0 saturated carbocycles. The summed E-state index contributed by atoms with van der Waals surface area (Å²) in [6.45, 7) is 9.85. The second-order valence-corrected chi connectivity index (χ2v) is 11.0. The summed E-state index contributed by atoms with van der Waals surface area (Å²) in [4.78, 5) is 24.6. The lowest BCUT2D eigenvalue weighted by Crippen LogP contribution is -2.27. The fourth-order valence-corrected chi connectivity index (χ4v) is 4.77. The summed E-state index contributed by atoms with van der Waals surface area (Å²) in [7, 11) is -3.41. The molecular weight excluding hydrogens is 465 g/mol. The lowest BCUT2D eigenvalue weighted by molar-refractivity contribution is -0.149. The van der Waals surface area contributed by atoms with Gasteiger partial charge in [-0.05, 0) is 26.7 Å². The minimum atomic E-state index is -3.41. The minimum Gasteiger partial charge on any atom is -0.463 e. The molecule has 2 atom stereocenters. The first-order valence-corrected chi connectivity index (χ1v) is 13.1. The molecule has 1 unspecified atom stereocenters. The molecule has 12 nitrogen and oxygen atoms in total. The van der Waals surface area contributed by atoms with Crippen LogP contribution in [0.2, 0.25) is 0 Å². The number of carbonyl (C=O) groups is 1. The number of fused-ring (bicyclic) bond motifs is 1. The van der Waals surface area contributed by atoms with Gasteiger partial charge in [0.15, 0.2) is 11.5 Å². The quantitative estimate of drug-likeness (QED) is 0.267. The van der Waals surface area contributed by atoms with Crippen molar-refractivity contribution >= 4 is 30.5 Å². The summed E-state index contributed by atoms with van der Waals surface area (Å²) < 4.78 is 36.4. The van der Waals surface area contributed by atoms with Crippen molar-refractivity contribution in [3.8, 4) is 0 Å². The molecule has 3 heterocycles. The van der Waals surface area contributed by atoms with E-state index < -0.39 is 13.8 Å². The number of hydrogen-bond donors (Lipinski definition) is 2. The van der Waals surface area contributed by atoms with Crippen LogP contribution in [0.1, 0.15) is 41.0 Å². The molecular formula is C21H34N5O7P. The van der Waals surface area contributed by atoms with E-state index in [1.807, 2.05) is 20.8 Å². The van der Waals surface area contributed by atoms with Gasteiger partial charge in [-0.15, -0.1) is 0 Å². The van der Waals surface area contributed by atoms with Crippen LogP contribution in [-0.2, 0) is 34.4 Å². The fourth-order valence-electron chi connectivity index (χ4n) is 3.24. The van der Waals surface area contributed by atoms with Crippen molar-refractivity contribution < 1.29 is 33.0 Å². The Hall–Kier alpha value is -2.11. The number of nitrogens with zero attached hydrogens (tertiary/aromatic N) is 4. The average molecular weight is 500 g/mol. The minimum absolute atomic E-state index is 0.00312. The van der Waals surface area contributed by atoms with E-state index in [-0.39, 0.29) is 56.0 Å². The molecule has 0 spiro atoms. The third-order valence-electron chi connectivity index (χ3n) is 5.12. The molecule has 2 aromatic rings. The van der Waals surface area contributed by atoms with Crippen molar-refractivity contribution in [3.05, 3.63) is 12.7 Å². The standard InChI is InChI=1S/C21H34N5O7P/c1-13(2)21(28)25-19-18-20(23-10-22-19)26(11-24-18)7-15(5)30-12-34(29)31-8-16(9-32-34)6-17(27)33-14(3)4/h10-11,13-16,21,28H,6-9,12H2,1-5H3,(H,22,23,25)/t15-,16?,21?,34?/m1/s1. The van der Waals surface area contributed by atoms with Crippen molar-refractivity contribution in [2.45, 2.75) is 66.0 Å². The molecule has 1 aliphatic rings. The van der Waals surface area contributed by atoms with Crippen molar-refractivity contribution in [1.82, 2.24) is 19.5 Å². The molecule has 3 rings (SSSR count). The van der Waals surface area contributed by atoms with Gasteiger partial charge in [-0.1, -0.05) is 13.8 Å². The highest BCUT2D eigenvalue weighted by molar-refractivity contribution is 7.53. The van der Waals surface area contributed by atoms with Crippen molar-refractivity contribution in [3.63, 3.8) is 0 Å². The first kappa shape index (κ1) is 26.5. The molecule has 0 aliphatic carbocycles. The predicted molar refractivity (Wildman–Crippen MR) is 124 cm³/mol. The Labute approximate surface area is 198 Å². The molecule has 0 bridgehead atoms. The molecule has 1 aliphatic heterocycles. The van der Waals surface area contributed by atoms with E-state index in [1.165, 1.54) is 6.33 Å². The van der Waals surface area contributed by atoms with Crippen LogP contribution < -0.4 is 5.32 Å². The molecule has 13 heteroatoms. The topological polar surface area (TPSA) is 147 Å². The zero-order valence-electron chi connectivity index (χ0n) is 20.2. The van der Waals surface area contributed by atoms with Crippen LogP contribution in [0, 0.1) is 11.8 Å². The smallest absolute Gasteiger partial charge is 0.356 e. The average Bonchev–Trinajstić information content (AvgIpc) is 3.17. The number of aromatic nitrogens is 4. The van der Waals surface area contributed by atoms with Crippen LogP contribution in [-0.4, -0.2) is 68.6 Å². The van der Waals surface area contributed by atoms with E-state index in [9.17, 15) is 14.5 Å². The highest BCUT2D eigenvalue weighted by atomic mass is 31.2. The van der Waals surface area contributed by atoms with Crippen LogP contribution in [0.15, 0.2) is 12.7 Å². The number of carbonyl (C=O) groups excluding carboxylic acids is 1. The fraction of sp³-hybridized carbons (Fsp3) is 0.714. The maximum absolute atomic E-state index is 12.8. The summed E-state index contributed by atoms with van der Waals surface area (Å²) in [6.07, 6.45) is 1.66. The van der Waals surface area contributed by atoms with Crippen molar-refractivity contribution in [2.75, 3.05) is 24.9 Å². The highest BCUT2D eigenvalue weighted by Gasteiger charge is 2.34. The summed E-state index contributed by atoms with van der Waals surface area (Å²) in [5.74, 6) is -0.0996. The lowest BCUT2D eigenvalue weighted by Gasteiger charge is -2.29. The zero-order valence-corrected chi connectivity index (χ0v) is 21.1. The number of esters is 1. The maximum atomic E-state index is 12.8. The molecule has 0 amide bonds. The Kier molecular flexibility index (Phi) is 9.00. The molecule has 1 saturated heterocycles. The van der Waals surface area contributed by atoms with E-state index in [0.29, 0.717) is 23.5 Å². The van der Waals surface area contributed by atoms with E-state index in [0.717, 1.165) is 0 Å². The Balaban J connectivity index is 1.51. The van der Waals surface area contributed by atoms with Gasteiger partial charge in [0.25, 0.3) is 0 Å². The molecule has 0 aromatic carbocycles. The van der Waals surface area contributed by atoms with Gasteiger partial charge >= 0.3 is 13.6 Å². The number of ether oxygens (including phenoxy) is 2. The second-order valence-electron chi connectivity index (χ2n) is 9.04. The number of imidazole rings is 1. The molecule has 2 aromatic heterocycles. The Morgan fingerprint density at radius 3 is 2.59 bits per heavy atom. The number of aliphatic hydroxyl groups is 1. The largest absolute Gasteiger partial charge is 0.463 e. The van der Waals surface area contributed by atoms with E-state index in [2.05, 4.69) is 20.3 Å². The van der Waals surface area contributed by atoms with E-state index >= 15 is 0 Å². The van der Waals surface area contributed by atoms with Crippen LogP contribution in [0.5, 0.6) is 0 Å². The molecule has 0 radical (unpaired) electrons. The molecule has 2 N–H and O–H groups in total.